The van der Waals surface area contributed by atoms with Crippen LogP contribution in [0.4, 0.5) is 4.39 Å². The Bertz CT molecular complexity index is 879. The second-order valence-electron chi connectivity index (χ2n) is 4.76. The molecule has 1 aromatic heterocycles. The molecule has 0 fully saturated rings. The van der Waals surface area contributed by atoms with Crippen LogP contribution in [-0.4, -0.2) is 10.5 Å². The van der Waals surface area contributed by atoms with Crippen molar-refractivity contribution in [3.05, 3.63) is 64.9 Å². The molecule has 3 rings (SSSR count). The Labute approximate surface area is 124 Å². The van der Waals surface area contributed by atoms with Gasteiger partial charge in [0.25, 0.3) is 0 Å². The summed E-state index contributed by atoms with van der Waals surface area (Å²) in [6.45, 7) is 1.54. The quantitative estimate of drug-likeness (QED) is 0.551. The van der Waals surface area contributed by atoms with Crippen molar-refractivity contribution < 1.29 is 18.3 Å². The summed E-state index contributed by atoms with van der Waals surface area (Å²) in [6, 6.07) is 11.0. The first-order chi connectivity index (χ1) is 10.6. The zero-order valence-corrected chi connectivity index (χ0v) is 11.7. The largest absolute Gasteiger partial charge is 0.425 e. The van der Waals surface area contributed by atoms with E-state index in [4.69, 9.17) is 9.15 Å². The fourth-order valence-corrected chi connectivity index (χ4v) is 2.16. The molecule has 0 saturated carbocycles. The van der Waals surface area contributed by atoms with Crippen LogP contribution < -0.4 is 10.5 Å². The molecule has 6 heteroatoms. The van der Waals surface area contributed by atoms with Crippen LogP contribution in [0.1, 0.15) is 13.0 Å². The highest BCUT2D eigenvalue weighted by Crippen LogP contribution is 2.19. The van der Waals surface area contributed by atoms with E-state index in [2.05, 4.69) is 0 Å². The maximum absolute atomic E-state index is 12.8. The first-order valence-electron chi connectivity index (χ1n) is 6.63. The minimum atomic E-state index is -0.874. The second kappa shape index (κ2) is 5.48. The van der Waals surface area contributed by atoms with Crippen LogP contribution in [0.15, 0.2) is 57.7 Å². The highest BCUT2D eigenvalue weighted by Gasteiger charge is 2.23. The van der Waals surface area contributed by atoms with Crippen molar-refractivity contribution in [3.8, 4) is 5.75 Å². The standard InChI is InChI=1S/C16H12FNO4/c1-10(15(19)21-12-8-6-11(17)7-9-12)18-13-4-2-3-5-14(13)22-16(18)20/h2-10H,1H3. The molecule has 0 radical (unpaired) electrons. The molecule has 0 aliphatic heterocycles. The first kappa shape index (κ1) is 14.1. The molecule has 2 aromatic carbocycles. The molecule has 1 unspecified atom stereocenters. The van der Waals surface area contributed by atoms with E-state index in [1.807, 2.05) is 0 Å². The SMILES string of the molecule is CC(C(=O)Oc1ccc(F)cc1)n1c(=O)oc2ccccc21. The fraction of sp³-hybridized carbons (Fsp3) is 0.125. The van der Waals surface area contributed by atoms with Gasteiger partial charge < -0.3 is 9.15 Å². The van der Waals surface area contributed by atoms with Gasteiger partial charge in [-0.25, -0.2) is 14.0 Å². The fourth-order valence-electron chi connectivity index (χ4n) is 2.16. The van der Waals surface area contributed by atoms with Gasteiger partial charge in [-0.05, 0) is 43.3 Å². The van der Waals surface area contributed by atoms with E-state index in [1.54, 1.807) is 24.3 Å². The summed E-state index contributed by atoms with van der Waals surface area (Å²) in [5.41, 5.74) is 0.907. The third kappa shape index (κ3) is 2.50. The van der Waals surface area contributed by atoms with Crippen molar-refractivity contribution in [1.29, 1.82) is 0 Å². The lowest BCUT2D eigenvalue weighted by Crippen LogP contribution is -2.28. The van der Waals surface area contributed by atoms with Gasteiger partial charge in [0.2, 0.25) is 0 Å². The minimum absolute atomic E-state index is 0.207. The molecule has 0 N–H and O–H groups in total. The van der Waals surface area contributed by atoms with Crippen molar-refractivity contribution in [1.82, 2.24) is 4.57 Å². The van der Waals surface area contributed by atoms with E-state index < -0.39 is 23.6 Å². The predicted molar refractivity (Wildman–Crippen MR) is 77.2 cm³/mol. The Morgan fingerprint density at radius 1 is 1.18 bits per heavy atom. The number of rotatable bonds is 3. The number of carbonyl (C=O) groups excluding carboxylic acids is 1. The van der Waals surface area contributed by atoms with Crippen LogP contribution in [0.3, 0.4) is 0 Å². The Kier molecular flexibility index (Phi) is 3.50. The summed E-state index contributed by atoms with van der Waals surface area (Å²) in [7, 11) is 0. The number of hydrogen-bond donors (Lipinski definition) is 0. The number of para-hydroxylation sites is 2. The number of aromatic nitrogens is 1. The normalized spacial score (nSPS) is 12.3. The number of fused-ring (bicyclic) bond motifs is 1. The van der Waals surface area contributed by atoms with Crippen LogP contribution >= 0.6 is 0 Å². The third-order valence-corrected chi connectivity index (χ3v) is 3.28. The van der Waals surface area contributed by atoms with Crippen molar-refractivity contribution >= 4 is 17.1 Å². The number of oxazole rings is 1. The lowest BCUT2D eigenvalue weighted by Gasteiger charge is -2.12. The number of halogens is 1. The lowest BCUT2D eigenvalue weighted by atomic mass is 10.3. The number of ether oxygens (including phenoxy) is 1. The molecule has 0 bridgehead atoms. The maximum atomic E-state index is 12.8. The minimum Gasteiger partial charge on any atom is -0.425 e. The third-order valence-electron chi connectivity index (χ3n) is 3.28. The average Bonchev–Trinajstić information content (AvgIpc) is 2.84. The summed E-state index contributed by atoms with van der Waals surface area (Å²) in [4.78, 5) is 24.1. The van der Waals surface area contributed by atoms with Gasteiger partial charge >= 0.3 is 11.7 Å². The van der Waals surface area contributed by atoms with Crippen molar-refractivity contribution in [2.45, 2.75) is 13.0 Å². The molecule has 5 nitrogen and oxygen atoms in total. The van der Waals surface area contributed by atoms with Crippen molar-refractivity contribution in [3.63, 3.8) is 0 Å². The predicted octanol–water partition coefficient (Wildman–Crippen LogP) is 2.90. The Balaban J connectivity index is 1.90. The molecular formula is C16H12FNO4. The molecule has 1 heterocycles. The lowest BCUT2D eigenvalue weighted by molar-refractivity contribution is -0.137. The molecule has 112 valence electrons. The van der Waals surface area contributed by atoms with Gasteiger partial charge in [0.1, 0.15) is 17.6 Å². The zero-order chi connectivity index (χ0) is 15.7. The van der Waals surface area contributed by atoms with Gasteiger partial charge in [-0.15, -0.1) is 0 Å². The zero-order valence-electron chi connectivity index (χ0n) is 11.7. The summed E-state index contributed by atoms with van der Waals surface area (Å²) < 4.78 is 24.3. The highest BCUT2D eigenvalue weighted by atomic mass is 19.1. The Hall–Kier alpha value is -2.89. The number of esters is 1. The second-order valence-corrected chi connectivity index (χ2v) is 4.76. The average molecular weight is 301 g/mol. The topological polar surface area (TPSA) is 61.4 Å². The van der Waals surface area contributed by atoms with Gasteiger partial charge in [-0.3, -0.25) is 4.57 Å². The van der Waals surface area contributed by atoms with Crippen LogP contribution in [0.25, 0.3) is 11.1 Å². The molecule has 0 aliphatic rings. The van der Waals surface area contributed by atoms with Gasteiger partial charge in [-0.1, -0.05) is 12.1 Å². The van der Waals surface area contributed by atoms with Crippen molar-refractivity contribution in [2.75, 3.05) is 0 Å². The van der Waals surface area contributed by atoms with Crippen LogP contribution in [0.2, 0.25) is 0 Å². The summed E-state index contributed by atoms with van der Waals surface area (Å²) in [5, 5.41) is 0. The molecular weight excluding hydrogens is 289 g/mol. The summed E-state index contributed by atoms with van der Waals surface area (Å²) >= 11 is 0. The van der Waals surface area contributed by atoms with E-state index in [9.17, 15) is 14.0 Å². The Morgan fingerprint density at radius 2 is 1.86 bits per heavy atom. The number of nitrogens with zero attached hydrogens (tertiary/aromatic N) is 1. The summed E-state index contributed by atoms with van der Waals surface area (Å²) in [5.74, 6) is -1.49. The van der Waals surface area contributed by atoms with Gasteiger partial charge in [0, 0.05) is 0 Å². The maximum Gasteiger partial charge on any atom is 0.420 e. The molecule has 1 atom stereocenters. The highest BCUT2D eigenvalue weighted by molar-refractivity contribution is 5.80. The van der Waals surface area contributed by atoms with Crippen LogP contribution in [0.5, 0.6) is 5.75 Å². The number of carbonyl (C=O) groups is 1. The Morgan fingerprint density at radius 3 is 2.59 bits per heavy atom. The van der Waals surface area contributed by atoms with Gasteiger partial charge in [0.05, 0.1) is 5.52 Å². The molecule has 3 aromatic rings. The number of hydrogen-bond acceptors (Lipinski definition) is 4. The molecule has 0 amide bonds. The van der Waals surface area contributed by atoms with E-state index in [0.29, 0.717) is 11.1 Å². The summed E-state index contributed by atoms with van der Waals surface area (Å²) in [6.07, 6.45) is 0. The number of benzene rings is 2. The van der Waals surface area contributed by atoms with E-state index >= 15 is 0 Å². The molecule has 0 aliphatic carbocycles. The van der Waals surface area contributed by atoms with Gasteiger partial charge in [-0.2, -0.15) is 0 Å². The van der Waals surface area contributed by atoms with E-state index in [1.165, 1.54) is 35.8 Å². The van der Waals surface area contributed by atoms with E-state index in [0.717, 1.165) is 0 Å². The molecule has 0 spiro atoms. The smallest absolute Gasteiger partial charge is 0.420 e. The van der Waals surface area contributed by atoms with Crippen LogP contribution in [0, 0.1) is 5.82 Å². The van der Waals surface area contributed by atoms with Crippen molar-refractivity contribution in [2.24, 2.45) is 0 Å². The molecule has 22 heavy (non-hydrogen) atoms. The van der Waals surface area contributed by atoms with Crippen LogP contribution in [-0.2, 0) is 4.79 Å². The van der Waals surface area contributed by atoms with Gasteiger partial charge in [0.15, 0.2) is 5.58 Å². The monoisotopic (exact) mass is 301 g/mol. The van der Waals surface area contributed by atoms with E-state index in [-0.39, 0.29) is 5.75 Å². The first-order valence-corrected chi connectivity index (χ1v) is 6.63. The molecule has 0 saturated heterocycles.